The summed E-state index contributed by atoms with van der Waals surface area (Å²) in [4.78, 5) is 15.1. The van der Waals surface area contributed by atoms with E-state index >= 15 is 0 Å². The summed E-state index contributed by atoms with van der Waals surface area (Å²) in [6.07, 6.45) is -6.32. The first kappa shape index (κ1) is 30.7. The fraction of sp³-hybridized carbons (Fsp3) is 0.407. The van der Waals surface area contributed by atoms with Gasteiger partial charge in [0, 0.05) is 55.5 Å². The molecule has 1 spiro atoms. The van der Waals surface area contributed by atoms with Gasteiger partial charge in [0.2, 0.25) is 0 Å². The van der Waals surface area contributed by atoms with Crippen LogP contribution in [0.2, 0.25) is 5.02 Å². The Kier molecular flexibility index (Phi) is 8.90. The molecule has 2 aromatic carbocycles. The first-order valence-electron chi connectivity index (χ1n) is 12.4. The lowest BCUT2D eigenvalue weighted by Gasteiger charge is -2.39. The van der Waals surface area contributed by atoms with Crippen molar-refractivity contribution in [3.8, 4) is 11.5 Å². The molecule has 1 saturated heterocycles. The molecule has 5 rings (SSSR count). The number of alkyl halides is 6. The van der Waals surface area contributed by atoms with E-state index in [9.17, 15) is 31.4 Å². The van der Waals surface area contributed by atoms with Gasteiger partial charge in [0.05, 0.1) is 11.1 Å². The van der Waals surface area contributed by atoms with Crippen molar-refractivity contribution in [2.24, 2.45) is 0 Å². The van der Waals surface area contributed by atoms with Crippen molar-refractivity contribution in [2.75, 3.05) is 26.2 Å². The van der Waals surface area contributed by atoms with Crippen LogP contribution in [-0.2, 0) is 17.4 Å². The third-order valence-corrected chi connectivity index (χ3v) is 7.04. The quantitative estimate of drug-likeness (QED) is 0.358. The predicted octanol–water partition coefficient (Wildman–Crippen LogP) is 5.75. The van der Waals surface area contributed by atoms with Crippen LogP contribution in [0.4, 0.5) is 26.3 Å². The minimum absolute atomic E-state index is 0.0300. The van der Waals surface area contributed by atoms with Gasteiger partial charge in [-0.25, -0.2) is 4.79 Å². The number of rotatable bonds is 5. The molecular formula is C27H25ClF6N2O5. The summed E-state index contributed by atoms with van der Waals surface area (Å²) in [6, 6.07) is 10.7. The van der Waals surface area contributed by atoms with Crippen molar-refractivity contribution in [1.29, 1.82) is 0 Å². The number of aromatic nitrogens is 1. The average molecular weight is 607 g/mol. The van der Waals surface area contributed by atoms with Crippen LogP contribution >= 0.6 is 11.6 Å². The van der Waals surface area contributed by atoms with E-state index in [1.54, 1.807) is 6.07 Å². The molecule has 41 heavy (non-hydrogen) atoms. The molecule has 1 atom stereocenters. The minimum Gasteiger partial charge on any atom is -0.490 e. The number of β-amino-alcohol motifs (C(OH)–C–C–N with tert-alkyl or cyclic N) is 1. The fourth-order valence-electron chi connectivity index (χ4n) is 4.78. The number of carboxylic acid groups (broad SMARTS) is 1. The number of aliphatic carboxylic acids is 1. The Hall–Kier alpha value is -3.29. The number of carboxylic acids is 1. The maximum absolute atomic E-state index is 13.0. The number of aliphatic hydroxyl groups excluding tert-OH is 1. The summed E-state index contributed by atoms with van der Waals surface area (Å²) in [5.74, 6) is -1.46. The van der Waals surface area contributed by atoms with Crippen molar-refractivity contribution in [3.63, 3.8) is 0 Å². The van der Waals surface area contributed by atoms with E-state index in [0.717, 1.165) is 55.8 Å². The predicted molar refractivity (Wildman–Crippen MR) is 136 cm³/mol. The van der Waals surface area contributed by atoms with Gasteiger partial charge in [-0.3, -0.25) is 4.98 Å². The number of hydrogen-bond acceptors (Lipinski definition) is 6. The Morgan fingerprint density at radius 1 is 1.10 bits per heavy atom. The normalized spacial score (nSPS) is 17.4. The monoisotopic (exact) mass is 606 g/mol. The molecule has 1 aromatic heterocycles. The summed E-state index contributed by atoms with van der Waals surface area (Å²) in [7, 11) is 0. The van der Waals surface area contributed by atoms with Crippen LogP contribution < -0.4 is 9.47 Å². The number of benzene rings is 2. The van der Waals surface area contributed by atoms with Gasteiger partial charge in [-0.05, 0) is 48.0 Å². The smallest absolute Gasteiger partial charge is 0.490 e. The van der Waals surface area contributed by atoms with Crippen molar-refractivity contribution in [3.05, 3.63) is 64.8 Å². The van der Waals surface area contributed by atoms with E-state index in [2.05, 4.69) is 9.88 Å². The highest BCUT2D eigenvalue weighted by atomic mass is 35.5. The highest BCUT2D eigenvalue weighted by Crippen LogP contribution is 2.42. The summed E-state index contributed by atoms with van der Waals surface area (Å²) in [5.41, 5.74) is 0.365. The lowest BCUT2D eigenvalue weighted by Crippen LogP contribution is -2.49. The number of hydrogen-bond donors (Lipinski definition) is 2. The number of likely N-dealkylation sites (tertiary alicyclic amines) is 1. The summed E-state index contributed by atoms with van der Waals surface area (Å²) < 4.78 is 82.7. The molecule has 2 aliphatic rings. The van der Waals surface area contributed by atoms with Crippen molar-refractivity contribution < 1.29 is 50.8 Å². The Labute approximate surface area is 235 Å². The second-order valence-corrected chi connectivity index (χ2v) is 10.3. The SMILES string of the molecule is O=C(O)C(F)(F)F.O[C@H](COc1ccnc2cc(C(F)(F)F)ccc12)CN1CCC2(CC1)Cc1cc(Cl)ccc1O2. The molecule has 3 heterocycles. The largest absolute Gasteiger partial charge is 0.490 e. The Balaban J connectivity index is 0.000000493. The maximum Gasteiger partial charge on any atom is 0.490 e. The number of ether oxygens (including phenoxy) is 2. The molecule has 222 valence electrons. The van der Waals surface area contributed by atoms with E-state index in [1.807, 2.05) is 18.2 Å². The molecule has 0 bridgehead atoms. The van der Waals surface area contributed by atoms with Crippen LogP contribution in [0.25, 0.3) is 10.9 Å². The first-order chi connectivity index (χ1) is 19.1. The number of nitrogens with zero attached hydrogens (tertiary/aromatic N) is 2. The summed E-state index contributed by atoms with van der Waals surface area (Å²) in [6.45, 7) is 2.05. The molecule has 3 aromatic rings. The van der Waals surface area contributed by atoms with E-state index in [-0.39, 0.29) is 17.7 Å². The molecular weight excluding hydrogens is 582 g/mol. The molecule has 7 nitrogen and oxygen atoms in total. The van der Waals surface area contributed by atoms with Crippen molar-refractivity contribution >= 4 is 28.5 Å². The standard InChI is InChI=1S/C25H24ClF3N2O3.C2HF3O2/c26-18-2-4-22-16(11-18)13-24(34-22)6-9-31(10-7-24)14-19(32)15-33-23-5-8-30-21-12-17(25(27,28)29)1-3-20(21)23;3-2(4,5)1(6)7/h1-5,8,11-12,19,32H,6-7,9-10,13-15H2;(H,6,7)/t19-;/m0./s1. The number of pyridine rings is 1. The van der Waals surface area contributed by atoms with Gasteiger partial charge in [-0.15, -0.1) is 0 Å². The van der Waals surface area contributed by atoms with Gasteiger partial charge in [0.25, 0.3) is 0 Å². The average Bonchev–Trinajstić information content (AvgIpc) is 3.24. The van der Waals surface area contributed by atoms with Gasteiger partial charge in [0.15, 0.2) is 0 Å². The topological polar surface area (TPSA) is 92.1 Å². The molecule has 2 N–H and O–H groups in total. The van der Waals surface area contributed by atoms with E-state index in [0.29, 0.717) is 22.7 Å². The Morgan fingerprint density at radius 3 is 2.41 bits per heavy atom. The number of aliphatic hydroxyl groups is 1. The second kappa shape index (κ2) is 11.9. The molecule has 1 fully saturated rings. The van der Waals surface area contributed by atoms with Crippen LogP contribution in [0.1, 0.15) is 24.0 Å². The van der Waals surface area contributed by atoms with Crippen LogP contribution in [0.3, 0.4) is 0 Å². The first-order valence-corrected chi connectivity index (χ1v) is 12.8. The molecule has 0 radical (unpaired) electrons. The third kappa shape index (κ3) is 7.72. The molecule has 0 saturated carbocycles. The number of piperidine rings is 1. The third-order valence-electron chi connectivity index (χ3n) is 6.80. The lowest BCUT2D eigenvalue weighted by molar-refractivity contribution is -0.192. The number of fused-ring (bicyclic) bond motifs is 2. The highest BCUT2D eigenvalue weighted by molar-refractivity contribution is 6.30. The molecule has 2 aliphatic heterocycles. The summed E-state index contributed by atoms with van der Waals surface area (Å²) in [5, 5.41) is 18.8. The molecule has 0 amide bonds. The van der Waals surface area contributed by atoms with Gasteiger partial charge in [-0.1, -0.05) is 11.6 Å². The molecule has 0 unspecified atom stereocenters. The van der Waals surface area contributed by atoms with Gasteiger partial charge >= 0.3 is 18.3 Å². The minimum atomic E-state index is -5.08. The molecule has 0 aliphatic carbocycles. The van der Waals surface area contributed by atoms with Crippen LogP contribution in [0.15, 0.2) is 48.7 Å². The van der Waals surface area contributed by atoms with Crippen molar-refractivity contribution in [1.82, 2.24) is 9.88 Å². The van der Waals surface area contributed by atoms with E-state index < -0.39 is 30.0 Å². The zero-order valence-corrected chi connectivity index (χ0v) is 22.1. The maximum atomic E-state index is 13.0. The van der Waals surface area contributed by atoms with Crippen LogP contribution in [0.5, 0.6) is 11.5 Å². The van der Waals surface area contributed by atoms with Gasteiger partial charge in [0.1, 0.15) is 29.8 Å². The van der Waals surface area contributed by atoms with E-state index in [4.69, 9.17) is 31.0 Å². The summed E-state index contributed by atoms with van der Waals surface area (Å²) >= 11 is 6.11. The zero-order chi connectivity index (χ0) is 30.0. The van der Waals surface area contributed by atoms with Crippen LogP contribution in [-0.4, -0.2) is 70.2 Å². The second-order valence-electron chi connectivity index (χ2n) is 9.82. The lowest BCUT2D eigenvalue weighted by atomic mass is 9.87. The fourth-order valence-corrected chi connectivity index (χ4v) is 4.98. The van der Waals surface area contributed by atoms with Crippen LogP contribution in [0, 0.1) is 0 Å². The number of halogens is 7. The van der Waals surface area contributed by atoms with Crippen molar-refractivity contribution in [2.45, 2.75) is 43.3 Å². The number of carbonyl (C=O) groups is 1. The highest BCUT2D eigenvalue weighted by Gasteiger charge is 2.42. The van der Waals surface area contributed by atoms with E-state index in [1.165, 1.54) is 12.3 Å². The van der Waals surface area contributed by atoms with Gasteiger partial charge in [-0.2, -0.15) is 26.3 Å². The van der Waals surface area contributed by atoms with Gasteiger partial charge < -0.3 is 24.6 Å². The Bertz CT molecular complexity index is 1390. The Morgan fingerprint density at radius 2 is 1.78 bits per heavy atom. The zero-order valence-electron chi connectivity index (χ0n) is 21.3. The molecule has 14 heteroatoms.